The first kappa shape index (κ1) is 11.8. The summed E-state index contributed by atoms with van der Waals surface area (Å²) in [5.74, 6) is 0.194. The molecule has 0 radical (unpaired) electrons. The first-order valence-corrected chi connectivity index (χ1v) is 5.13. The predicted molar refractivity (Wildman–Crippen MR) is 62.9 cm³/mol. The lowest BCUT2D eigenvalue weighted by atomic mass is 10.2. The highest BCUT2D eigenvalue weighted by Gasteiger charge is 2.20. The second-order valence-corrected chi connectivity index (χ2v) is 3.68. The van der Waals surface area contributed by atoms with Crippen LogP contribution >= 0.6 is 0 Å². The number of benzene rings is 1. The van der Waals surface area contributed by atoms with Gasteiger partial charge in [0, 0.05) is 26.0 Å². The van der Waals surface area contributed by atoms with Gasteiger partial charge in [-0.15, -0.1) is 0 Å². The molecule has 1 rings (SSSR count). The van der Waals surface area contributed by atoms with Crippen molar-refractivity contribution in [3.05, 3.63) is 36.4 Å². The van der Waals surface area contributed by atoms with E-state index in [2.05, 4.69) is 6.58 Å². The molecule has 1 aromatic carbocycles. The highest BCUT2D eigenvalue weighted by molar-refractivity contribution is 5.55. The normalized spacial score (nSPS) is 11.1. The highest BCUT2D eigenvalue weighted by atomic mass is 16.7. The first-order chi connectivity index (χ1) is 7.09. The van der Waals surface area contributed by atoms with E-state index in [1.54, 1.807) is 6.08 Å². The lowest BCUT2D eigenvalue weighted by Crippen LogP contribution is -2.32. The summed E-state index contributed by atoms with van der Waals surface area (Å²) in [6, 6.07) is 7.77. The maximum atomic E-state index is 5.77. The average molecular weight is 206 g/mol. The summed E-state index contributed by atoms with van der Waals surface area (Å²) in [4.78, 5) is 0. The molecule has 0 unspecified atom stereocenters. The molecule has 0 spiro atoms. The molecule has 0 saturated heterocycles. The zero-order chi connectivity index (χ0) is 11.3. The Labute approximate surface area is 91.5 Å². The van der Waals surface area contributed by atoms with E-state index in [-0.39, 0.29) is 0 Å². The third-order valence-corrected chi connectivity index (χ3v) is 1.99. The summed E-state index contributed by atoms with van der Waals surface area (Å²) in [6.07, 6.45) is 1.78. The monoisotopic (exact) mass is 206 g/mol. The number of para-hydroxylation sites is 1. The maximum Gasteiger partial charge on any atom is 0.204 e. The van der Waals surface area contributed by atoms with Crippen molar-refractivity contribution in [2.24, 2.45) is 0 Å². The minimum absolute atomic E-state index is 0.603. The summed E-state index contributed by atoms with van der Waals surface area (Å²) in [5.41, 5.74) is 0.977. The van der Waals surface area contributed by atoms with Gasteiger partial charge in [0.25, 0.3) is 0 Å². The topological polar surface area (TPSA) is 18.5 Å². The molecule has 0 fully saturated rings. The molecule has 0 aliphatic rings. The van der Waals surface area contributed by atoms with E-state index in [1.807, 2.05) is 45.0 Å². The van der Waals surface area contributed by atoms with Crippen LogP contribution in [0.25, 0.3) is 6.08 Å². The molecule has 0 atom stereocenters. The number of ether oxygens (including phenoxy) is 2. The van der Waals surface area contributed by atoms with Crippen LogP contribution in [-0.4, -0.2) is 12.4 Å². The molecular weight excluding hydrogens is 188 g/mol. The van der Waals surface area contributed by atoms with Crippen LogP contribution in [0.4, 0.5) is 0 Å². The molecule has 0 aliphatic heterocycles. The fraction of sp³-hybridized carbons (Fsp3) is 0.385. The molecule has 1 aromatic rings. The van der Waals surface area contributed by atoms with Gasteiger partial charge >= 0.3 is 0 Å². The first-order valence-electron chi connectivity index (χ1n) is 5.13. The van der Waals surface area contributed by atoms with Crippen molar-refractivity contribution < 1.29 is 9.47 Å². The van der Waals surface area contributed by atoms with Crippen LogP contribution in [0.3, 0.4) is 0 Å². The maximum absolute atomic E-state index is 5.77. The molecule has 0 heterocycles. The zero-order valence-corrected chi connectivity index (χ0v) is 9.62. The Morgan fingerprint density at radius 1 is 1.33 bits per heavy atom. The van der Waals surface area contributed by atoms with Crippen LogP contribution in [-0.2, 0) is 4.74 Å². The van der Waals surface area contributed by atoms with E-state index in [0.717, 1.165) is 11.3 Å². The van der Waals surface area contributed by atoms with Gasteiger partial charge in [-0.25, -0.2) is 0 Å². The smallest absolute Gasteiger partial charge is 0.204 e. The molecule has 0 amide bonds. The number of hydrogen-bond acceptors (Lipinski definition) is 2. The summed E-state index contributed by atoms with van der Waals surface area (Å²) < 4.78 is 11.2. The summed E-state index contributed by atoms with van der Waals surface area (Å²) in [7, 11) is 0. The average Bonchev–Trinajstić information content (AvgIpc) is 2.17. The third-order valence-electron chi connectivity index (χ3n) is 1.99. The Morgan fingerprint density at radius 2 is 2.00 bits per heavy atom. The number of hydrogen-bond donors (Lipinski definition) is 0. The Kier molecular flexibility index (Phi) is 3.92. The standard InChI is InChI=1S/C13H18O2/c1-5-11-9-7-8-10-12(11)15-13(3,4)14-6-2/h5,7-10H,1,6H2,2-4H3. The molecule has 82 valence electrons. The Balaban J connectivity index is 2.83. The van der Waals surface area contributed by atoms with Gasteiger partial charge in [0.05, 0.1) is 0 Å². The molecule has 0 aliphatic carbocycles. The van der Waals surface area contributed by atoms with Gasteiger partial charge in [0.1, 0.15) is 5.75 Å². The van der Waals surface area contributed by atoms with E-state index in [4.69, 9.17) is 9.47 Å². The van der Waals surface area contributed by atoms with Crippen LogP contribution in [0, 0.1) is 0 Å². The van der Waals surface area contributed by atoms with Crippen molar-refractivity contribution in [2.75, 3.05) is 6.61 Å². The summed E-state index contributed by atoms with van der Waals surface area (Å²) in [6.45, 7) is 10.1. The molecule has 2 heteroatoms. The molecule has 2 nitrogen and oxygen atoms in total. The van der Waals surface area contributed by atoms with Gasteiger partial charge < -0.3 is 9.47 Å². The lowest BCUT2D eigenvalue weighted by Gasteiger charge is -2.26. The van der Waals surface area contributed by atoms with Crippen molar-refractivity contribution in [3.63, 3.8) is 0 Å². The van der Waals surface area contributed by atoms with Crippen molar-refractivity contribution in [2.45, 2.75) is 26.6 Å². The molecule has 0 aromatic heterocycles. The minimum atomic E-state index is -0.603. The van der Waals surface area contributed by atoms with Crippen LogP contribution in [0.2, 0.25) is 0 Å². The zero-order valence-electron chi connectivity index (χ0n) is 9.62. The Hall–Kier alpha value is -1.28. The Bertz CT molecular complexity index is 329. The largest absolute Gasteiger partial charge is 0.462 e. The third kappa shape index (κ3) is 3.40. The van der Waals surface area contributed by atoms with E-state index in [1.165, 1.54) is 0 Å². The van der Waals surface area contributed by atoms with Crippen molar-refractivity contribution in [1.29, 1.82) is 0 Å². The summed E-state index contributed by atoms with van der Waals surface area (Å²) >= 11 is 0. The van der Waals surface area contributed by atoms with Crippen LogP contribution in [0.1, 0.15) is 26.3 Å². The van der Waals surface area contributed by atoms with E-state index < -0.39 is 5.79 Å². The SMILES string of the molecule is C=Cc1ccccc1OC(C)(C)OCC. The van der Waals surface area contributed by atoms with Gasteiger partial charge in [-0.2, -0.15) is 0 Å². The van der Waals surface area contributed by atoms with Gasteiger partial charge in [0.2, 0.25) is 5.79 Å². The highest BCUT2D eigenvalue weighted by Crippen LogP contribution is 2.24. The summed E-state index contributed by atoms with van der Waals surface area (Å²) in [5, 5.41) is 0. The number of rotatable bonds is 5. The quantitative estimate of drug-likeness (QED) is 0.687. The Morgan fingerprint density at radius 3 is 2.60 bits per heavy atom. The van der Waals surface area contributed by atoms with Crippen LogP contribution in [0.5, 0.6) is 5.75 Å². The minimum Gasteiger partial charge on any atom is -0.462 e. The predicted octanol–water partition coefficient (Wildman–Crippen LogP) is 3.48. The van der Waals surface area contributed by atoms with Gasteiger partial charge in [-0.05, 0) is 13.0 Å². The molecule has 15 heavy (non-hydrogen) atoms. The molecular formula is C13H18O2. The van der Waals surface area contributed by atoms with Crippen molar-refractivity contribution in [3.8, 4) is 5.75 Å². The molecule has 0 bridgehead atoms. The van der Waals surface area contributed by atoms with Crippen molar-refractivity contribution >= 4 is 6.08 Å². The van der Waals surface area contributed by atoms with E-state index in [0.29, 0.717) is 6.61 Å². The van der Waals surface area contributed by atoms with E-state index >= 15 is 0 Å². The second kappa shape index (κ2) is 4.99. The fourth-order valence-electron chi connectivity index (χ4n) is 1.38. The molecule has 0 N–H and O–H groups in total. The van der Waals surface area contributed by atoms with Gasteiger partial charge in [-0.1, -0.05) is 30.9 Å². The van der Waals surface area contributed by atoms with Crippen LogP contribution < -0.4 is 4.74 Å². The fourth-order valence-corrected chi connectivity index (χ4v) is 1.38. The van der Waals surface area contributed by atoms with Crippen molar-refractivity contribution in [1.82, 2.24) is 0 Å². The van der Waals surface area contributed by atoms with Gasteiger partial charge in [-0.3, -0.25) is 0 Å². The molecule has 0 saturated carbocycles. The second-order valence-electron chi connectivity index (χ2n) is 3.68. The van der Waals surface area contributed by atoms with E-state index in [9.17, 15) is 0 Å². The lowest BCUT2D eigenvalue weighted by molar-refractivity contribution is -0.152. The van der Waals surface area contributed by atoms with Crippen LogP contribution in [0.15, 0.2) is 30.8 Å². The van der Waals surface area contributed by atoms with Gasteiger partial charge in [0.15, 0.2) is 0 Å².